The average Bonchev–Trinajstić information content (AvgIpc) is 2.52. The second-order valence-corrected chi connectivity index (χ2v) is 8.14. The summed E-state index contributed by atoms with van der Waals surface area (Å²) < 4.78 is 22.9. The minimum Gasteiger partial charge on any atom is -0.350 e. The predicted molar refractivity (Wildman–Crippen MR) is 95.6 cm³/mol. The molecule has 5 heteroatoms. The SMILES string of the molecule is Cc1cccc(CCC(=O)N[C@H](C)c2ccc(S(C)(=O)=O)cc2)c1. The molecule has 0 fully saturated rings. The zero-order chi connectivity index (χ0) is 17.7. The van der Waals surface area contributed by atoms with Crippen molar-refractivity contribution < 1.29 is 13.2 Å². The molecule has 0 aliphatic carbocycles. The van der Waals surface area contributed by atoms with E-state index in [-0.39, 0.29) is 16.8 Å². The van der Waals surface area contributed by atoms with Crippen LogP contribution >= 0.6 is 0 Å². The highest BCUT2D eigenvalue weighted by Gasteiger charge is 2.12. The second kappa shape index (κ2) is 7.62. The van der Waals surface area contributed by atoms with Crippen molar-refractivity contribution >= 4 is 15.7 Å². The molecule has 2 aromatic rings. The Balaban J connectivity index is 1.91. The van der Waals surface area contributed by atoms with Crippen LogP contribution in [0.5, 0.6) is 0 Å². The molecule has 1 N–H and O–H groups in total. The van der Waals surface area contributed by atoms with Gasteiger partial charge in [-0.2, -0.15) is 0 Å². The molecule has 1 amide bonds. The highest BCUT2D eigenvalue weighted by atomic mass is 32.2. The first-order chi connectivity index (χ1) is 11.3. The summed E-state index contributed by atoms with van der Waals surface area (Å²) in [5.41, 5.74) is 3.22. The topological polar surface area (TPSA) is 63.2 Å². The molecule has 0 aromatic heterocycles. The number of benzene rings is 2. The van der Waals surface area contributed by atoms with Gasteiger partial charge in [0.25, 0.3) is 0 Å². The molecule has 0 bridgehead atoms. The molecule has 0 aliphatic heterocycles. The van der Waals surface area contributed by atoms with Gasteiger partial charge in [-0.1, -0.05) is 42.0 Å². The van der Waals surface area contributed by atoms with Crippen molar-refractivity contribution in [1.82, 2.24) is 5.32 Å². The van der Waals surface area contributed by atoms with E-state index in [1.54, 1.807) is 24.3 Å². The smallest absolute Gasteiger partial charge is 0.220 e. The van der Waals surface area contributed by atoms with E-state index < -0.39 is 9.84 Å². The molecule has 0 spiro atoms. The van der Waals surface area contributed by atoms with E-state index >= 15 is 0 Å². The maximum absolute atomic E-state index is 12.1. The van der Waals surface area contributed by atoms with E-state index in [0.717, 1.165) is 11.1 Å². The Morgan fingerprint density at radius 1 is 1.12 bits per heavy atom. The van der Waals surface area contributed by atoms with Gasteiger partial charge in [-0.25, -0.2) is 8.42 Å². The Morgan fingerprint density at radius 3 is 2.38 bits per heavy atom. The van der Waals surface area contributed by atoms with Gasteiger partial charge in [0.2, 0.25) is 5.91 Å². The van der Waals surface area contributed by atoms with Crippen molar-refractivity contribution in [2.75, 3.05) is 6.26 Å². The van der Waals surface area contributed by atoms with E-state index in [1.807, 2.05) is 32.0 Å². The molecule has 2 rings (SSSR count). The van der Waals surface area contributed by atoms with Crippen LogP contribution in [-0.4, -0.2) is 20.6 Å². The van der Waals surface area contributed by atoms with E-state index in [2.05, 4.69) is 11.4 Å². The summed E-state index contributed by atoms with van der Waals surface area (Å²) >= 11 is 0. The monoisotopic (exact) mass is 345 g/mol. The van der Waals surface area contributed by atoms with Gasteiger partial charge in [0.15, 0.2) is 9.84 Å². The van der Waals surface area contributed by atoms with Crippen LogP contribution in [0.25, 0.3) is 0 Å². The molecular weight excluding hydrogens is 322 g/mol. The largest absolute Gasteiger partial charge is 0.350 e. The highest BCUT2D eigenvalue weighted by Crippen LogP contribution is 2.16. The van der Waals surface area contributed by atoms with Gasteiger partial charge in [0, 0.05) is 12.7 Å². The summed E-state index contributed by atoms with van der Waals surface area (Å²) in [6.45, 7) is 3.92. The maximum Gasteiger partial charge on any atom is 0.220 e. The standard InChI is InChI=1S/C19H23NO3S/c1-14-5-4-6-16(13-14)7-12-19(21)20-15(2)17-8-10-18(11-9-17)24(3,22)23/h4-6,8-11,13,15H,7,12H2,1-3H3,(H,20,21)/t15-/m1/s1. The normalized spacial score (nSPS) is 12.6. The molecule has 4 nitrogen and oxygen atoms in total. The summed E-state index contributed by atoms with van der Waals surface area (Å²) in [5.74, 6) is -0.0174. The molecule has 0 radical (unpaired) electrons. The van der Waals surface area contributed by atoms with E-state index in [0.29, 0.717) is 12.8 Å². The van der Waals surface area contributed by atoms with Crippen LogP contribution < -0.4 is 5.32 Å². The summed E-state index contributed by atoms with van der Waals surface area (Å²) in [7, 11) is -3.20. The van der Waals surface area contributed by atoms with Crippen molar-refractivity contribution in [2.45, 2.75) is 37.6 Å². The van der Waals surface area contributed by atoms with E-state index in [4.69, 9.17) is 0 Å². The molecular formula is C19H23NO3S. The van der Waals surface area contributed by atoms with Gasteiger partial charge in [-0.15, -0.1) is 0 Å². The van der Waals surface area contributed by atoms with Crippen molar-refractivity contribution in [1.29, 1.82) is 0 Å². The van der Waals surface area contributed by atoms with Gasteiger partial charge >= 0.3 is 0 Å². The van der Waals surface area contributed by atoms with Gasteiger partial charge in [-0.3, -0.25) is 4.79 Å². The Kier molecular flexibility index (Phi) is 5.78. The van der Waals surface area contributed by atoms with Gasteiger partial charge in [-0.05, 0) is 43.5 Å². The minimum absolute atomic E-state index is 0.0174. The zero-order valence-corrected chi connectivity index (χ0v) is 15.1. The zero-order valence-electron chi connectivity index (χ0n) is 14.2. The predicted octanol–water partition coefficient (Wildman–Crippen LogP) is 3.21. The molecule has 0 saturated carbocycles. The minimum atomic E-state index is -3.20. The third kappa shape index (κ3) is 5.20. The van der Waals surface area contributed by atoms with Crippen molar-refractivity contribution in [3.05, 3.63) is 65.2 Å². The van der Waals surface area contributed by atoms with Crippen LogP contribution in [0, 0.1) is 6.92 Å². The summed E-state index contributed by atoms with van der Waals surface area (Å²) in [6.07, 6.45) is 2.31. The highest BCUT2D eigenvalue weighted by molar-refractivity contribution is 7.90. The second-order valence-electron chi connectivity index (χ2n) is 6.12. The van der Waals surface area contributed by atoms with Crippen LogP contribution in [0.4, 0.5) is 0 Å². The number of rotatable bonds is 6. The number of carbonyl (C=O) groups is 1. The van der Waals surface area contributed by atoms with Gasteiger partial charge in [0.1, 0.15) is 0 Å². The Morgan fingerprint density at radius 2 is 1.79 bits per heavy atom. The van der Waals surface area contributed by atoms with Gasteiger partial charge in [0.05, 0.1) is 10.9 Å². The lowest BCUT2D eigenvalue weighted by atomic mass is 10.1. The first kappa shape index (κ1) is 18.2. The van der Waals surface area contributed by atoms with Crippen LogP contribution in [0.2, 0.25) is 0 Å². The molecule has 1 atom stereocenters. The Hall–Kier alpha value is -2.14. The number of hydrogen-bond donors (Lipinski definition) is 1. The fourth-order valence-electron chi connectivity index (χ4n) is 2.53. The number of carbonyl (C=O) groups excluding carboxylic acids is 1. The lowest BCUT2D eigenvalue weighted by Gasteiger charge is -2.15. The molecule has 0 heterocycles. The Bertz CT molecular complexity index is 811. The first-order valence-electron chi connectivity index (χ1n) is 7.90. The van der Waals surface area contributed by atoms with Crippen molar-refractivity contribution in [2.24, 2.45) is 0 Å². The number of aryl methyl sites for hydroxylation is 2. The third-order valence-corrected chi connectivity index (χ3v) is 5.04. The lowest BCUT2D eigenvalue weighted by Crippen LogP contribution is -2.26. The quantitative estimate of drug-likeness (QED) is 0.874. The molecule has 128 valence electrons. The van der Waals surface area contributed by atoms with E-state index in [9.17, 15) is 13.2 Å². The van der Waals surface area contributed by atoms with Crippen molar-refractivity contribution in [3.8, 4) is 0 Å². The lowest BCUT2D eigenvalue weighted by molar-refractivity contribution is -0.121. The Labute approximate surface area is 143 Å². The fourth-order valence-corrected chi connectivity index (χ4v) is 3.16. The molecule has 0 unspecified atom stereocenters. The fraction of sp³-hybridized carbons (Fsp3) is 0.316. The summed E-state index contributed by atoms with van der Waals surface area (Å²) in [5, 5.41) is 2.95. The summed E-state index contributed by atoms with van der Waals surface area (Å²) in [6, 6.07) is 14.6. The van der Waals surface area contributed by atoms with Crippen LogP contribution in [0.15, 0.2) is 53.4 Å². The van der Waals surface area contributed by atoms with Crippen molar-refractivity contribution in [3.63, 3.8) is 0 Å². The average molecular weight is 345 g/mol. The molecule has 24 heavy (non-hydrogen) atoms. The van der Waals surface area contributed by atoms with Crippen LogP contribution in [0.1, 0.15) is 36.1 Å². The van der Waals surface area contributed by atoms with Gasteiger partial charge < -0.3 is 5.32 Å². The third-order valence-electron chi connectivity index (χ3n) is 3.91. The summed E-state index contributed by atoms with van der Waals surface area (Å²) in [4.78, 5) is 12.4. The molecule has 0 aliphatic rings. The van der Waals surface area contributed by atoms with Crippen LogP contribution in [0.3, 0.4) is 0 Å². The number of hydrogen-bond acceptors (Lipinski definition) is 3. The number of nitrogens with one attached hydrogen (secondary N) is 1. The first-order valence-corrected chi connectivity index (χ1v) is 9.80. The van der Waals surface area contributed by atoms with E-state index in [1.165, 1.54) is 11.8 Å². The number of amides is 1. The molecule has 2 aromatic carbocycles. The molecule has 0 saturated heterocycles. The number of sulfone groups is 1. The van der Waals surface area contributed by atoms with Crippen LogP contribution in [-0.2, 0) is 21.1 Å². The maximum atomic E-state index is 12.1.